The van der Waals surface area contributed by atoms with Gasteiger partial charge >= 0.3 is 5.97 Å². The van der Waals surface area contributed by atoms with Crippen molar-refractivity contribution in [3.8, 4) is 0 Å². The standard InChI is InChI=1S/C14H19ClN2O3/c1-3-4-9(16)7-13(18)17-10-5-6-12(15)11(8-10)14(19)20-2/h5-6,8-9H,3-4,7,16H2,1-2H3,(H,17,18). The smallest absolute Gasteiger partial charge is 0.339 e. The molecule has 0 radical (unpaired) electrons. The number of esters is 1. The van der Waals surface area contributed by atoms with Crippen molar-refractivity contribution in [3.63, 3.8) is 0 Å². The summed E-state index contributed by atoms with van der Waals surface area (Å²) in [6, 6.07) is 4.48. The molecule has 0 heterocycles. The van der Waals surface area contributed by atoms with E-state index in [0.717, 1.165) is 12.8 Å². The van der Waals surface area contributed by atoms with Gasteiger partial charge in [-0.05, 0) is 24.6 Å². The zero-order valence-corrected chi connectivity index (χ0v) is 12.4. The number of hydrogen-bond acceptors (Lipinski definition) is 4. The minimum atomic E-state index is -0.547. The Bertz CT molecular complexity index is 491. The molecule has 1 unspecified atom stereocenters. The highest BCUT2D eigenvalue weighted by molar-refractivity contribution is 6.33. The van der Waals surface area contributed by atoms with E-state index in [1.807, 2.05) is 6.92 Å². The van der Waals surface area contributed by atoms with Crippen LogP contribution in [0.15, 0.2) is 18.2 Å². The zero-order chi connectivity index (χ0) is 15.1. The normalized spacial score (nSPS) is 11.8. The zero-order valence-electron chi connectivity index (χ0n) is 11.6. The summed E-state index contributed by atoms with van der Waals surface area (Å²) in [7, 11) is 1.27. The molecule has 0 aromatic heterocycles. The van der Waals surface area contributed by atoms with Crippen LogP contribution in [0.1, 0.15) is 36.5 Å². The summed E-state index contributed by atoms with van der Waals surface area (Å²) >= 11 is 5.90. The van der Waals surface area contributed by atoms with E-state index in [0.29, 0.717) is 5.69 Å². The molecule has 0 aliphatic rings. The molecule has 5 nitrogen and oxygen atoms in total. The van der Waals surface area contributed by atoms with Crippen LogP contribution in [0.2, 0.25) is 5.02 Å². The predicted molar refractivity (Wildman–Crippen MR) is 78.9 cm³/mol. The van der Waals surface area contributed by atoms with E-state index in [9.17, 15) is 9.59 Å². The molecule has 1 atom stereocenters. The molecule has 110 valence electrons. The Morgan fingerprint density at radius 2 is 2.15 bits per heavy atom. The van der Waals surface area contributed by atoms with Crippen LogP contribution in [-0.2, 0) is 9.53 Å². The van der Waals surface area contributed by atoms with Crippen molar-refractivity contribution < 1.29 is 14.3 Å². The van der Waals surface area contributed by atoms with E-state index in [4.69, 9.17) is 17.3 Å². The molecule has 0 bridgehead atoms. The first-order chi connectivity index (χ1) is 9.47. The van der Waals surface area contributed by atoms with Crippen LogP contribution in [0.5, 0.6) is 0 Å². The third kappa shape index (κ3) is 4.83. The highest BCUT2D eigenvalue weighted by atomic mass is 35.5. The van der Waals surface area contributed by atoms with Crippen molar-refractivity contribution in [2.45, 2.75) is 32.2 Å². The Balaban J connectivity index is 2.73. The van der Waals surface area contributed by atoms with Gasteiger partial charge in [-0.2, -0.15) is 0 Å². The van der Waals surface area contributed by atoms with Gasteiger partial charge in [-0.25, -0.2) is 4.79 Å². The molecule has 6 heteroatoms. The van der Waals surface area contributed by atoms with Gasteiger partial charge in [0.2, 0.25) is 5.91 Å². The van der Waals surface area contributed by atoms with Gasteiger partial charge in [-0.1, -0.05) is 24.9 Å². The third-order valence-corrected chi connectivity index (χ3v) is 3.09. The molecule has 1 rings (SSSR count). The van der Waals surface area contributed by atoms with Gasteiger partial charge in [0.1, 0.15) is 0 Å². The maximum atomic E-state index is 11.8. The average Bonchev–Trinajstić information content (AvgIpc) is 2.40. The predicted octanol–water partition coefficient (Wildman–Crippen LogP) is 2.58. The summed E-state index contributed by atoms with van der Waals surface area (Å²) in [5, 5.41) is 2.97. The first kappa shape index (κ1) is 16.5. The molecule has 0 saturated carbocycles. The fraction of sp³-hybridized carbons (Fsp3) is 0.429. The lowest BCUT2D eigenvalue weighted by atomic mass is 10.1. The van der Waals surface area contributed by atoms with Crippen molar-refractivity contribution in [1.29, 1.82) is 0 Å². The van der Waals surface area contributed by atoms with E-state index in [2.05, 4.69) is 10.1 Å². The van der Waals surface area contributed by atoms with Crippen LogP contribution in [-0.4, -0.2) is 25.0 Å². The van der Waals surface area contributed by atoms with Crippen LogP contribution in [0.3, 0.4) is 0 Å². The molecule has 1 aromatic carbocycles. The maximum Gasteiger partial charge on any atom is 0.339 e. The average molecular weight is 299 g/mol. The Morgan fingerprint density at radius 1 is 1.45 bits per heavy atom. The second-order valence-electron chi connectivity index (χ2n) is 4.49. The van der Waals surface area contributed by atoms with Gasteiger partial charge in [0.25, 0.3) is 0 Å². The topological polar surface area (TPSA) is 81.4 Å². The molecular formula is C14H19ClN2O3. The monoisotopic (exact) mass is 298 g/mol. The van der Waals surface area contributed by atoms with Crippen LogP contribution in [0.25, 0.3) is 0 Å². The summed E-state index contributed by atoms with van der Waals surface area (Å²) in [5.41, 5.74) is 6.51. The second kappa shape index (κ2) is 7.87. The Morgan fingerprint density at radius 3 is 2.75 bits per heavy atom. The Hall–Kier alpha value is -1.59. The first-order valence-corrected chi connectivity index (χ1v) is 6.79. The largest absolute Gasteiger partial charge is 0.465 e. The van der Waals surface area contributed by atoms with Crippen molar-refractivity contribution in [2.75, 3.05) is 12.4 Å². The molecular weight excluding hydrogens is 280 g/mol. The van der Waals surface area contributed by atoms with Crippen LogP contribution in [0.4, 0.5) is 5.69 Å². The van der Waals surface area contributed by atoms with Crippen LogP contribution < -0.4 is 11.1 Å². The third-order valence-electron chi connectivity index (χ3n) is 2.76. The number of carbonyl (C=O) groups excluding carboxylic acids is 2. The molecule has 1 aromatic rings. The molecule has 0 aliphatic heterocycles. The van der Waals surface area contributed by atoms with E-state index in [-0.39, 0.29) is 29.0 Å². The number of hydrogen-bond donors (Lipinski definition) is 2. The highest BCUT2D eigenvalue weighted by Gasteiger charge is 2.13. The fourth-order valence-electron chi connectivity index (χ4n) is 1.79. The maximum absolute atomic E-state index is 11.8. The number of rotatable bonds is 6. The summed E-state index contributed by atoms with van der Waals surface area (Å²) in [5.74, 6) is -0.738. The minimum absolute atomic E-state index is 0.160. The van der Waals surface area contributed by atoms with Gasteiger partial charge < -0.3 is 15.8 Å². The number of benzene rings is 1. The van der Waals surface area contributed by atoms with E-state index >= 15 is 0 Å². The lowest BCUT2D eigenvalue weighted by molar-refractivity contribution is -0.116. The molecule has 3 N–H and O–H groups in total. The number of anilines is 1. The molecule has 0 aliphatic carbocycles. The number of carbonyl (C=O) groups is 2. The number of halogens is 1. The summed E-state index contributed by atoms with van der Waals surface area (Å²) in [6.45, 7) is 2.01. The van der Waals surface area contributed by atoms with Crippen LogP contribution >= 0.6 is 11.6 Å². The summed E-state index contributed by atoms with van der Waals surface area (Å²) < 4.78 is 4.62. The van der Waals surface area contributed by atoms with E-state index < -0.39 is 5.97 Å². The second-order valence-corrected chi connectivity index (χ2v) is 4.89. The van der Waals surface area contributed by atoms with Gasteiger partial charge in [0.05, 0.1) is 17.7 Å². The minimum Gasteiger partial charge on any atom is -0.465 e. The summed E-state index contributed by atoms with van der Waals surface area (Å²) in [6.07, 6.45) is 1.97. The van der Waals surface area contributed by atoms with Crippen molar-refractivity contribution in [3.05, 3.63) is 28.8 Å². The lowest BCUT2D eigenvalue weighted by Gasteiger charge is -2.11. The lowest BCUT2D eigenvalue weighted by Crippen LogP contribution is -2.26. The Labute approximate surface area is 123 Å². The molecule has 0 spiro atoms. The quantitative estimate of drug-likeness (QED) is 0.791. The van der Waals surface area contributed by atoms with E-state index in [1.165, 1.54) is 19.2 Å². The van der Waals surface area contributed by atoms with Crippen LogP contribution in [0, 0.1) is 0 Å². The van der Waals surface area contributed by atoms with Gasteiger partial charge in [0, 0.05) is 18.2 Å². The molecule has 1 amide bonds. The highest BCUT2D eigenvalue weighted by Crippen LogP contribution is 2.21. The van der Waals surface area contributed by atoms with E-state index in [1.54, 1.807) is 6.07 Å². The molecule has 20 heavy (non-hydrogen) atoms. The van der Waals surface area contributed by atoms with Gasteiger partial charge in [-0.15, -0.1) is 0 Å². The molecule has 0 saturated heterocycles. The van der Waals surface area contributed by atoms with Gasteiger partial charge in [-0.3, -0.25) is 4.79 Å². The first-order valence-electron chi connectivity index (χ1n) is 6.41. The fourth-order valence-corrected chi connectivity index (χ4v) is 1.99. The number of methoxy groups -OCH3 is 1. The number of nitrogens with one attached hydrogen (secondary N) is 1. The van der Waals surface area contributed by atoms with Crippen molar-refractivity contribution in [1.82, 2.24) is 0 Å². The van der Waals surface area contributed by atoms with Gasteiger partial charge in [0.15, 0.2) is 0 Å². The number of ether oxygens (including phenoxy) is 1. The number of amides is 1. The molecule has 0 fully saturated rings. The summed E-state index contributed by atoms with van der Waals surface area (Å²) in [4.78, 5) is 23.3. The number of nitrogens with two attached hydrogens (primary N) is 1. The SMILES string of the molecule is CCCC(N)CC(=O)Nc1ccc(Cl)c(C(=O)OC)c1. The Kier molecular flexibility index (Phi) is 6.48. The van der Waals surface area contributed by atoms with Crippen molar-refractivity contribution >= 4 is 29.2 Å². The van der Waals surface area contributed by atoms with Crippen molar-refractivity contribution in [2.24, 2.45) is 5.73 Å².